The molecule has 0 aliphatic heterocycles. The number of Topliss-reactive ketones (excluding diaryl/α,β-unsaturated/α-hetero) is 3. The third kappa shape index (κ3) is 2.63. The van der Waals surface area contributed by atoms with Crippen molar-refractivity contribution in [2.24, 2.45) is 11.8 Å². The second-order valence-corrected chi connectivity index (χ2v) is 4.77. The summed E-state index contributed by atoms with van der Waals surface area (Å²) in [6.45, 7) is 3.80. The number of hydrogen-bond acceptors (Lipinski definition) is 3. The molecule has 0 fully saturated rings. The topological polar surface area (TPSA) is 51.2 Å². The van der Waals surface area contributed by atoms with Crippen LogP contribution in [0, 0.1) is 11.8 Å². The van der Waals surface area contributed by atoms with E-state index in [0.717, 1.165) is 0 Å². The van der Waals surface area contributed by atoms with Crippen molar-refractivity contribution in [3.05, 3.63) is 35.4 Å². The number of carbonyl (C=O) groups excluding carboxylic acids is 3. The molecular weight excluding hydrogens is 239 g/mol. The third-order valence-electron chi connectivity index (χ3n) is 2.91. The maximum absolute atomic E-state index is 12.0. The molecule has 0 unspecified atom stereocenters. The summed E-state index contributed by atoms with van der Waals surface area (Å²) in [5.41, 5.74) is 0.777. The number of ketones is 3. The molecule has 1 aromatic carbocycles. The van der Waals surface area contributed by atoms with Crippen molar-refractivity contribution in [3.63, 3.8) is 0 Å². The van der Waals surface area contributed by atoms with Gasteiger partial charge in [-0.15, -0.1) is 0 Å². The van der Waals surface area contributed by atoms with Gasteiger partial charge in [-0.3, -0.25) is 14.4 Å². The van der Waals surface area contributed by atoms with Crippen LogP contribution in [0.2, 0.25) is 0 Å². The van der Waals surface area contributed by atoms with Crippen LogP contribution < -0.4 is 0 Å². The Labute approximate surface area is 128 Å². The Morgan fingerprint density at radius 3 is 1.94 bits per heavy atom. The van der Waals surface area contributed by atoms with E-state index in [9.17, 15) is 14.4 Å². The van der Waals surface area contributed by atoms with Crippen molar-refractivity contribution in [3.8, 4) is 0 Å². The van der Waals surface area contributed by atoms with Gasteiger partial charge < -0.3 is 0 Å². The molecule has 0 atom stereocenters. The van der Waals surface area contributed by atoms with Crippen LogP contribution in [0.25, 0.3) is 0 Å². The van der Waals surface area contributed by atoms with Gasteiger partial charge in [0.15, 0.2) is 17.3 Å². The van der Waals surface area contributed by atoms with Crippen molar-refractivity contribution in [1.29, 1.82) is 0 Å². The maximum atomic E-state index is 12.0. The first-order chi connectivity index (χ1) is 8.02. The van der Waals surface area contributed by atoms with E-state index in [4.69, 9.17) is 0 Å². The van der Waals surface area contributed by atoms with Gasteiger partial charge in [0, 0.05) is 17.5 Å². The van der Waals surface area contributed by atoms with Gasteiger partial charge in [0.25, 0.3) is 0 Å². The Balaban J connectivity index is 0.00000162. The van der Waals surface area contributed by atoms with Gasteiger partial charge in [-0.1, -0.05) is 38.1 Å². The van der Waals surface area contributed by atoms with Gasteiger partial charge in [-0.05, 0) is 5.92 Å². The molecule has 0 bridgehead atoms. The van der Waals surface area contributed by atoms with Gasteiger partial charge in [-0.2, -0.15) is 0 Å². The molecule has 1 aliphatic carbocycles. The van der Waals surface area contributed by atoms with Crippen molar-refractivity contribution < 1.29 is 14.4 Å². The average molecular weight is 254 g/mol. The summed E-state index contributed by atoms with van der Waals surface area (Å²) in [6, 6.07) is 6.63. The summed E-state index contributed by atoms with van der Waals surface area (Å²) in [5.74, 6) is -1.86. The molecule has 90 valence electrons. The molecule has 1 aliphatic rings. The second-order valence-electron chi connectivity index (χ2n) is 4.77. The molecule has 3 nitrogen and oxygen atoms in total. The summed E-state index contributed by atoms with van der Waals surface area (Å²) in [6.07, 6.45) is 0.274. The van der Waals surface area contributed by atoms with Crippen LogP contribution >= 0.6 is 0 Å². The normalized spacial score (nSPS) is 14.6. The number of carbonyl (C=O) groups is 3. The summed E-state index contributed by atoms with van der Waals surface area (Å²) >= 11 is 0. The Morgan fingerprint density at radius 2 is 1.56 bits per heavy atom. The van der Waals surface area contributed by atoms with Crippen molar-refractivity contribution in [2.75, 3.05) is 0 Å². The molecule has 0 aromatic heterocycles. The van der Waals surface area contributed by atoms with Crippen LogP contribution in [0.5, 0.6) is 0 Å². The predicted molar refractivity (Wildman–Crippen MR) is 70.2 cm³/mol. The number of benzene rings is 1. The molecule has 0 spiro atoms. The Kier molecular flexibility index (Phi) is 5.02. The molecule has 0 heterocycles. The second kappa shape index (κ2) is 5.91. The number of fused-ring (bicyclic) bond motifs is 1. The molecule has 0 amide bonds. The zero-order valence-electron chi connectivity index (χ0n) is 9.90. The predicted octanol–water partition coefficient (Wildman–Crippen LogP) is 1.65. The number of hydrogen-bond donors (Lipinski definition) is 0. The Morgan fingerprint density at radius 1 is 1.11 bits per heavy atom. The zero-order chi connectivity index (χ0) is 12.6. The standard InChI is InChI=1S/C14H14O3.Na.H/c1-8(2)7-11(15)12-13(16)9-5-3-4-6-10(9)14(12)17;;/h3-6,8,12H,7H2,1-2H3;;. The van der Waals surface area contributed by atoms with Gasteiger partial charge in [-0.25, -0.2) is 0 Å². The van der Waals surface area contributed by atoms with Gasteiger partial charge in [0.05, 0.1) is 0 Å². The molecule has 2 rings (SSSR count). The van der Waals surface area contributed by atoms with E-state index in [0.29, 0.717) is 11.1 Å². The first kappa shape index (κ1) is 15.3. The van der Waals surface area contributed by atoms with Crippen molar-refractivity contribution in [1.82, 2.24) is 0 Å². The summed E-state index contributed by atoms with van der Waals surface area (Å²) in [7, 11) is 0. The van der Waals surface area contributed by atoms with Crippen molar-refractivity contribution in [2.45, 2.75) is 20.3 Å². The van der Waals surface area contributed by atoms with Gasteiger partial charge in [0.2, 0.25) is 0 Å². The van der Waals surface area contributed by atoms with E-state index in [-0.39, 0.29) is 59.2 Å². The molecule has 0 radical (unpaired) electrons. The van der Waals surface area contributed by atoms with Crippen LogP contribution in [-0.4, -0.2) is 46.9 Å². The van der Waals surface area contributed by atoms with E-state index < -0.39 is 5.92 Å². The van der Waals surface area contributed by atoms with E-state index >= 15 is 0 Å². The fourth-order valence-corrected chi connectivity index (χ4v) is 2.16. The van der Waals surface area contributed by atoms with Gasteiger partial charge >= 0.3 is 29.6 Å². The molecule has 18 heavy (non-hydrogen) atoms. The summed E-state index contributed by atoms with van der Waals surface area (Å²) in [4.78, 5) is 35.9. The van der Waals surface area contributed by atoms with E-state index in [1.54, 1.807) is 24.3 Å². The zero-order valence-corrected chi connectivity index (χ0v) is 9.90. The van der Waals surface area contributed by atoms with Crippen molar-refractivity contribution >= 4 is 46.9 Å². The summed E-state index contributed by atoms with van der Waals surface area (Å²) in [5, 5.41) is 0. The SMILES string of the molecule is CC(C)CC(=O)C1C(=O)c2ccccc2C1=O.[NaH]. The average Bonchev–Trinajstić information content (AvgIpc) is 2.51. The first-order valence-corrected chi connectivity index (χ1v) is 5.72. The fraction of sp³-hybridized carbons (Fsp3) is 0.357. The molecule has 1 aromatic rings. The molecular formula is C14H15NaO3. The van der Waals surface area contributed by atoms with Crippen LogP contribution in [0.1, 0.15) is 41.0 Å². The Bertz CT molecular complexity index is 471. The first-order valence-electron chi connectivity index (χ1n) is 5.72. The van der Waals surface area contributed by atoms with Gasteiger partial charge in [0.1, 0.15) is 5.92 Å². The number of rotatable bonds is 3. The minimum atomic E-state index is -1.09. The van der Waals surface area contributed by atoms with E-state index in [2.05, 4.69) is 0 Å². The van der Waals surface area contributed by atoms with E-state index in [1.165, 1.54) is 0 Å². The molecule has 4 heteroatoms. The molecule has 0 N–H and O–H groups in total. The quantitative estimate of drug-likeness (QED) is 0.608. The van der Waals surface area contributed by atoms with Crippen LogP contribution in [0.15, 0.2) is 24.3 Å². The van der Waals surface area contributed by atoms with Crippen LogP contribution in [0.4, 0.5) is 0 Å². The minimum absolute atomic E-state index is 0. The van der Waals surface area contributed by atoms with Crippen LogP contribution in [0.3, 0.4) is 0 Å². The molecule has 0 saturated heterocycles. The van der Waals surface area contributed by atoms with Crippen LogP contribution in [-0.2, 0) is 4.79 Å². The summed E-state index contributed by atoms with van der Waals surface area (Å²) < 4.78 is 0. The Hall–Kier alpha value is -0.770. The molecule has 0 saturated carbocycles. The third-order valence-corrected chi connectivity index (χ3v) is 2.91. The monoisotopic (exact) mass is 254 g/mol. The van der Waals surface area contributed by atoms with E-state index in [1.807, 2.05) is 13.8 Å². The fourth-order valence-electron chi connectivity index (χ4n) is 2.16.